The van der Waals surface area contributed by atoms with Crippen molar-refractivity contribution in [1.29, 1.82) is 5.26 Å². The highest BCUT2D eigenvalue weighted by Gasteiger charge is 2.32. The number of nitrogens with zero attached hydrogens (tertiary/aromatic N) is 8. The van der Waals surface area contributed by atoms with Crippen LogP contribution in [0.3, 0.4) is 0 Å². The van der Waals surface area contributed by atoms with Gasteiger partial charge in [-0.05, 0) is 18.6 Å². The van der Waals surface area contributed by atoms with Crippen LogP contribution >= 0.6 is 11.6 Å². The molecule has 1 aliphatic heterocycles. The molecule has 1 aliphatic rings. The molecule has 0 spiro atoms. The van der Waals surface area contributed by atoms with Gasteiger partial charge in [0, 0.05) is 53.9 Å². The maximum atomic E-state index is 9.56. The number of halogens is 1. The fraction of sp³-hybridized carbons (Fsp3) is 0.250. The van der Waals surface area contributed by atoms with Gasteiger partial charge in [0.05, 0.1) is 41.0 Å². The number of anilines is 1. The van der Waals surface area contributed by atoms with E-state index in [4.69, 9.17) is 16.6 Å². The minimum Gasteiger partial charge on any atom is -0.346 e. The van der Waals surface area contributed by atoms with Gasteiger partial charge in [0.2, 0.25) is 5.95 Å². The number of H-pyrrole nitrogens is 1. The Morgan fingerprint density at radius 1 is 1.21 bits per heavy atom. The van der Waals surface area contributed by atoms with Gasteiger partial charge in [0.15, 0.2) is 0 Å². The molecule has 1 aromatic carbocycles. The lowest BCUT2D eigenvalue weighted by molar-refractivity contribution is 0.332. The van der Waals surface area contributed by atoms with Crippen LogP contribution in [-0.4, -0.2) is 47.8 Å². The van der Waals surface area contributed by atoms with Crippen molar-refractivity contribution < 1.29 is 0 Å². The van der Waals surface area contributed by atoms with Crippen LogP contribution in [-0.2, 0) is 0 Å². The van der Waals surface area contributed by atoms with Crippen LogP contribution in [0.25, 0.3) is 33.2 Å². The number of fused-ring (bicyclic) bond motifs is 2. The Bertz CT molecular complexity index is 1530. The molecule has 5 aromatic rings. The van der Waals surface area contributed by atoms with E-state index in [0.717, 1.165) is 52.7 Å². The summed E-state index contributed by atoms with van der Waals surface area (Å²) in [6.45, 7) is 1.56. The van der Waals surface area contributed by atoms with Crippen molar-refractivity contribution in [2.45, 2.75) is 18.9 Å². The summed E-state index contributed by atoms with van der Waals surface area (Å²) >= 11 is 6.35. The van der Waals surface area contributed by atoms with Gasteiger partial charge < -0.3 is 9.88 Å². The average Bonchev–Trinajstić information content (AvgIpc) is 3.63. The molecule has 1 fully saturated rings. The molecule has 9 nitrogen and oxygen atoms in total. The predicted molar refractivity (Wildman–Crippen MR) is 129 cm³/mol. The molecule has 5 heterocycles. The van der Waals surface area contributed by atoms with Crippen molar-refractivity contribution in [3.05, 3.63) is 60.4 Å². The number of nitrogens with one attached hydrogen (secondary N) is 1. The Labute approximate surface area is 200 Å². The van der Waals surface area contributed by atoms with Crippen LogP contribution in [0.15, 0.2) is 55.4 Å². The molecule has 168 valence electrons. The van der Waals surface area contributed by atoms with E-state index in [9.17, 15) is 5.26 Å². The Kier molecular flexibility index (Phi) is 5.08. The van der Waals surface area contributed by atoms with E-state index < -0.39 is 0 Å². The van der Waals surface area contributed by atoms with Gasteiger partial charge >= 0.3 is 0 Å². The number of hydrogen-bond acceptors (Lipinski definition) is 7. The first-order chi connectivity index (χ1) is 16.7. The average molecular weight is 470 g/mol. The molecular weight excluding hydrogens is 450 g/mol. The van der Waals surface area contributed by atoms with Crippen LogP contribution in [0.1, 0.15) is 18.9 Å². The summed E-state index contributed by atoms with van der Waals surface area (Å²) in [7, 11) is 0. The fourth-order valence-corrected chi connectivity index (χ4v) is 4.98. The minimum absolute atomic E-state index is 0.0589. The first kappa shape index (κ1) is 20.6. The van der Waals surface area contributed by atoms with E-state index in [-0.39, 0.29) is 12.0 Å². The Morgan fingerprint density at radius 2 is 2.15 bits per heavy atom. The molecule has 34 heavy (non-hydrogen) atoms. The van der Waals surface area contributed by atoms with E-state index in [1.165, 1.54) is 0 Å². The van der Waals surface area contributed by atoms with Crippen LogP contribution < -0.4 is 4.90 Å². The Balaban J connectivity index is 1.27. The minimum atomic E-state index is -0.0589. The number of nitriles is 1. The van der Waals surface area contributed by atoms with Gasteiger partial charge in [0.1, 0.15) is 12.0 Å². The first-order valence-corrected chi connectivity index (χ1v) is 11.4. The van der Waals surface area contributed by atoms with Gasteiger partial charge in [-0.2, -0.15) is 10.4 Å². The summed E-state index contributed by atoms with van der Waals surface area (Å²) in [5.74, 6) is 0.895. The zero-order valence-electron chi connectivity index (χ0n) is 18.1. The highest BCUT2D eigenvalue weighted by molar-refractivity contribution is 6.35. The monoisotopic (exact) mass is 469 g/mol. The van der Waals surface area contributed by atoms with E-state index in [2.05, 4.69) is 36.0 Å². The standard InChI is InChI=1S/C24H20ClN9/c25-19-3-1-2-15-10-28-24(32-22(15)19)33-9-6-16(12-33)20(4-7-26)34-13-17(11-31-34)21-18-5-8-27-23(18)30-14-29-21/h1-3,5,8,10-11,13-14,16,20H,4,6,9,12H2,(H,27,29,30). The van der Waals surface area contributed by atoms with Crippen LogP contribution in [0.4, 0.5) is 5.95 Å². The van der Waals surface area contributed by atoms with E-state index in [1.807, 2.05) is 47.5 Å². The quantitative estimate of drug-likeness (QED) is 0.406. The topological polar surface area (TPSA) is 112 Å². The maximum absolute atomic E-state index is 9.56. The lowest BCUT2D eigenvalue weighted by Crippen LogP contribution is -2.26. The molecule has 4 aromatic heterocycles. The van der Waals surface area contributed by atoms with Gasteiger partial charge in [-0.15, -0.1) is 0 Å². The summed E-state index contributed by atoms with van der Waals surface area (Å²) < 4.78 is 1.91. The second-order valence-corrected chi connectivity index (χ2v) is 8.85. The van der Waals surface area contributed by atoms with Crippen molar-refractivity contribution in [3.63, 3.8) is 0 Å². The second kappa shape index (κ2) is 8.39. The molecule has 10 heteroatoms. The maximum Gasteiger partial charge on any atom is 0.225 e. The van der Waals surface area contributed by atoms with Crippen molar-refractivity contribution in [2.24, 2.45) is 5.92 Å². The summed E-state index contributed by atoms with van der Waals surface area (Å²) in [5, 5.41) is 16.7. The molecule has 0 aliphatic carbocycles. The molecule has 0 radical (unpaired) electrons. The molecular formula is C24H20ClN9. The van der Waals surface area contributed by atoms with Crippen LogP contribution in [0.5, 0.6) is 0 Å². The highest BCUT2D eigenvalue weighted by atomic mass is 35.5. The van der Waals surface area contributed by atoms with Crippen molar-refractivity contribution >= 4 is 39.5 Å². The van der Waals surface area contributed by atoms with Crippen molar-refractivity contribution in [2.75, 3.05) is 18.0 Å². The molecule has 2 unspecified atom stereocenters. The van der Waals surface area contributed by atoms with Gasteiger partial charge in [0.25, 0.3) is 0 Å². The molecule has 1 N–H and O–H groups in total. The summed E-state index contributed by atoms with van der Waals surface area (Å²) in [5.41, 5.74) is 3.26. The number of aromatic nitrogens is 7. The lowest BCUT2D eigenvalue weighted by Gasteiger charge is -2.22. The molecule has 1 saturated heterocycles. The molecule has 0 bridgehead atoms. The van der Waals surface area contributed by atoms with E-state index >= 15 is 0 Å². The summed E-state index contributed by atoms with van der Waals surface area (Å²) in [6.07, 6.45) is 10.3. The molecule has 0 saturated carbocycles. The second-order valence-electron chi connectivity index (χ2n) is 8.44. The van der Waals surface area contributed by atoms with Crippen LogP contribution in [0.2, 0.25) is 5.02 Å². The third-order valence-electron chi connectivity index (χ3n) is 6.47. The normalized spacial score (nSPS) is 16.8. The zero-order valence-corrected chi connectivity index (χ0v) is 18.9. The number of aromatic amines is 1. The highest BCUT2D eigenvalue weighted by Crippen LogP contribution is 2.34. The Morgan fingerprint density at radius 3 is 3.06 bits per heavy atom. The van der Waals surface area contributed by atoms with Gasteiger partial charge in [-0.3, -0.25) is 4.68 Å². The number of para-hydroxylation sites is 1. The third-order valence-corrected chi connectivity index (χ3v) is 6.77. The summed E-state index contributed by atoms with van der Waals surface area (Å²) in [4.78, 5) is 23.3. The largest absolute Gasteiger partial charge is 0.346 e. The number of benzene rings is 1. The summed E-state index contributed by atoms with van der Waals surface area (Å²) in [6, 6.07) is 9.93. The zero-order chi connectivity index (χ0) is 23.1. The molecule has 2 atom stereocenters. The predicted octanol–water partition coefficient (Wildman–Crippen LogP) is 4.40. The SMILES string of the molecule is N#CCC(C1CCN(c2ncc3cccc(Cl)c3n2)C1)n1cc(-c2ncnc3[nH]ccc23)cn1. The molecule has 0 amide bonds. The Hall–Kier alpha value is -4.03. The van der Waals surface area contributed by atoms with E-state index in [0.29, 0.717) is 17.4 Å². The smallest absolute Gasteiger partial charge is 0.225 e. The first-order valence-electron chi connectivity index (χ1n) is 11.1. The van der Waals surface area contributed by atoms with E-state index in [1.54, 1.807) is 12.5 Å². The third kappa shape index (κ3) is 3.53. The lowest BCUT2D eigenvalue weighted by atomic mass is 9.96. The van der Waals surface area contributed by atoms with Crippen LogP contribution in [0, 0.1) is 17.2 Å². The van der Waals surface area contributed by atoms with Crippen molar-refractivity contribution in [1.82, 2.24) is 34.7 Å². The van der Waals surface area contributed by atoms with Crippen molar-refractivity contribution in [3.8, 4) is 17.3 Å². The fourth-order valence-electron chi connectivity index (χ4n) is 4.76. The number of hydrogen-bond donors (Lipinski definition) is 1. The van der Waals surface area contributed by atoms with Gasteiger partial charge in [-0.25, -0.2) is 19.9 Å². The number of rotatable bonds is 5. The van der Waals surface area contributed by atoms with Gasteiger partial charge in [-0.1, -0.05) is 23.7 Å². The molecule has 6 rings (SSSR count).